The molecule has 0 saturated carbocycles. The number of aldehydes is 1. The maximum atomic E-state index is 11.3. The van der Waals surface area contributed by atoms with Crippen molar-refractivity contribution in [2.75, 3.05) is 0 Å². The van der Waals surface area contributed by atoms with Crippen LogP contribution in [0.15, 0.2) is 54.7 Å². The molecular weight excluding hydrogens is 319 g/mol. The van der Waals surface area contributed by atoms with Gasteiger partial charge in [0.25, 0.3) is 0 Å². The summed E-state index contributed by atoms with van der Waals surface area (Å²) in [6.45, 7) is 0.409. The van der Waals surface area contributed by atoms with Crippen LogP contribution in [0.3, 0.4) is 0 Å². The van der Waals surface area contributed by atoms with E-state index in [-0.39, 0.29) is 0 Å². The maximum absolute atomic E-state index is 11.3. The topological polar surface area (TPSA) is 34.9 Å². The van der Waals surface area contributed by atoms with Crippen molar-refractivity contribution in [3.05, 3.63) is 76.0 Å². The Kier molecular flexibility index (Phi) is 4.27. The van der Waals surface area contributed by atoms with Crippen LogP contribution < -0.4 is 0 Å². The van der Waals surface area contributed by atoms with Crippen LogP contribution in [0, 0.1) is 0 Å². The number of carbonyl (C=O) groups excluding carboxylic acids is 1. The lowest BCUT2D eigenvalue weighted by Gasteiger charge is -2.06. The Morgan fingerprint density at radius 2 is 1.68 bits per heavy atom. The van der Waals surface area contributed by atoms with Crippen molar-refractivity contribution in [1.29, 1.82) is 0 Å². The highest BCUT2D eigenvalue weighted by Gasteiger charge is 2.12. The number of aromatic nitrogens is 2. The number of carbonyl (C=O) groups is 1. The second kappa shape index (κ2) is 6.34. The fourth-order valence-electron chi connectivity index (χ4n) is 2.29. The fourth-order valence-corrected chi connectivity index (χ4v) is 2.81. The van der Waals surface area contributed by atoms with Gasteiger partial charge in [-0.2, -0.15) is 5.10 Å². The number of rotatable bonds is 4. The van der Waals surface area contributed by atoms with Crippen molar-refractivity contribution >= 4 is 29.5 Å². The number of nitrogens with zero attached hydrogens (tertiary/aromatic N) is 2. The monoisotopic (exact) mass is 330 g/mol. The Bertz CT molecular complexity index is 793. The van der Waals surface area contributed by atoms with Gasteiger partial charge in [0.1, 0.15) is 5.69 Å². The molecule has 0 atom stereocenters. The predicted octanol–water partition coefficient (Wildman–Crippen LogP) is 4.72. The molecular formula is C17H12Cl2N2O. The van der Waals surface area contributed by atoms with Crippen LogP contribution in [-0.4, -0.2) is 16.1 Å². The molecule has 3 nitrogen and oxygen atoms in total. The van der Waals surface area contributed by atoms with Gasteiger partial charge in [-0.25, -0.2) is 0 Å². The molecule has 0 radical (unpaired) electrons. The van der Waals surface area contributed by atoms with Crippen LogP contribution in [-0.2, 0) is 6.54 Å². The lowest BCUT2D eigenvalue weighted by atomic mass is 10.1. The molecule has 1 aromatic heterocycles. The van der Waals surface area contributed by atoms with Crippen LogP contribution in [0.25, 0.3) is 11.1 Å². The molecule has 1 heterocycles. The van der Waals surface area contributed by atoms with Crippen LogP contribution in [0.2, 0.25) is 10.0 Å². The molecule has 3 aromatic rings. The minimum atomic E-state index is 0.398. The zero-order valence-corrected chi connectivity index (χ0v) is 13.1. The van der Waals surface area contributed by atoms with Gasteiger partial charge in [-0.1, -0.05) is 59.6 Å². The SMILES string of the molecule is O=Cc1nn(Cc2c(Cl)cccc2Cl)cc1-c1ccccc1. The van der Waals surface area contributed by atoms with Crippen molar-refractivity contribution in [2.45, 2.75) is 6.54 Å². The highest BCUT2D eigenvalue weighted by molar-refractivity contribution is 6.35. The van der Waals surface area contributed by atoms with E-state index in [1.165, 1.54) is 0 Å². The van der Waals surface area contributed by atoms with E-state index >= 15 is 0 Å². The van der Waals surface area contributed by atoms with E-state index in [4.69, 9.17) is 23.2 Å². The zero-order chi connectivity index (χ0) is 15.5. The standard InChI is InChI=1S/C17H12Cl2N2O/c18-15-7-4-8-16(19)14(15)10-21-9-13(17(11-22)20-21)12-5-2-1-3-6-12/h1-9,11H,10H2. The number of hydrogen-bond acceptors (Lipinski definition) is 2. The third kappa shape index (κ3) is 2.91. The second-order valence-corrected chi connectivity index (χ2v) is 5.62. The van der Waals surface area contributed by atoms with Gasteiger partial charge in [0.05, 0.1) is 6.54 Å². The molecule has 2 aromatic carbocycles. The third-order valence-corrected chi connectivity index (χ3v) is 4.08. The molecule has 110 valence electrons. The lowest BCUT2D eigenvalue weighted by Crippen LogP contribution is -2.02. The summed E-state index contributed by atoms with van der Waals surface area (Å²) in [5.74, 6) is 0. The molecule has 0 aliphatic rings. The molecule has 0 aliphatic carbocycles. The van der Waals surface area contributed by atoms with Crippen LogP contribution in [0.4, 0.5) is 0 Å². The fraction of sp³-hybridized carbons (Fsp3) is 0.0588. The van der Waals surface area contributed by atoms with Gasteiger partial charge in [-0.3, -0.25) is 9.48 Å². The Hall–Kier alpha value is -2.10. The molecule has 0 bridgehead atoms. The van der Waals surface area contributed by atoms with Gasteiger partial charge < -0.3 is 0 Å². The first-order valence-electron chi connectivity index (χ1n) is 6.70. The largest absolute Gasteiger partial charge is 0.296 e. The van der Waals surface area contributed by atoms with Gasteiger partial charge in [-0.15, -0.1) is 0 Å². The molecule has 0 amide bonds. The van der Waals surface area contributed by atoms with E-state index in [2.05, 4.69) is 5.10 Å². The molecule has 0 spiro atoms. The van der Waals surface area contributed by atoms with Gasteiger partial charge in [-0.05, 0) is 17.7 Å². The summed E-state index contributed by atoms with van der Waals surface area (Å²) in [6, 6.07) is 15.0. The molecule has 0 aliphatic heterocycles. The Morgan fingerprint density at radius 3 is 2.32 bits per heavy atom. The Balaban J connectivity index is 2.00. The summed E-state index contributed by atoms with van der Waals surface area (Å²) in [4.78, 5) is 11.3. The summed E-state index contributed by atoms with van der Waals surface area (Å²) < 4.78 is 1.68. The van der Waals surface area contributed by atoms with Gasteiger partial charge in [0, 0.05) is 27.4 Å². The average Bonchev–Trinajstić information content (AvgIpc) is 2.95. The van der Waals surface area contributed by atoms with Gasteiger partial charge in [0.2, 0.25) is 0 Å². The molecule has 0 N–H and O–H groups in total. The van der Waals surface area contributed by atoms with Crippen LogP contribution in [0.1, 0.15) is 16.1 Å². The third-order valence-electron chi connectivity index (χ3n) is 3.37. The minimum Gasteiger partial charge on any atom is -0.296 e. The van der Waals surface area contributed by atoms with E-state index in [0.29, 0.717) is 22.3 Å². The average molecular weight is 331 g/mol. The van der Waals surface area contributed by atoms with Crippen molar-refractivity contribution in [3.63, 3.8) is 0 Å². The molecule has 5 heteroatoms. The molecule has 22 heavy (non-hydrogen) atoms. The highest BCUT2D eigenvalue weighted by atomic mass is 35.5. The van der Waals surface area contributed by atoms with Crippen molar-refractivity contribution in [3.8, 4) is 11.1 Å². The van der Waals surface area contributed by atoms with Crippen molar-refractivity contribution in [1.82, 2.24) is 9.78 Å². The normalized spacial score (nSPS) is 10.6. The zero-order valence-electron chi connectivity index (χ0n) is 11.5. The Labute approximate surface area is 138 Å². The van der Waals surface area contributed by atoms with Crippen molar-refractivity contribution < 1.29 is 4.79 Å². The quantitative estimate of drug-likeness (QED) is 0.649. The minimum absolute atomic E-state index is 0.398. The van der Waals surface area contributed by atoms with Crippen LogP contribution >= 0.6 is 23.2 Å². The molecule has 0 unspecified atom stereocenters. The predicted molar refractivity (Wildman–Crippen MR) is 88.6 cm³/mol. The Morgan fingerprint density at radius 1 is 1.00 bits per heavy atom. The van der Waals surface area contributed by atoms with Crippen molar-refractivity contribution in [2.24, 2.45) is 0 Å². The first-order valence-corrected chi connectivity index (χ1v) is 7.45. The summed E-state index contributed by atoms with van der Waals surface area (Å²) in [5.41, 5.74) is 2.92. The highest BCUT2D eigenvalue weighted by Crippen LogP contribution is 2.27. The molecule has 0 fully saturated rings. The summed E-state index contributed by atoms with van der Waals surface area (Å²) in [5, 5.41) is 5.47. The van der Waals surface area contributed by atoms with Gasteiger partial charge >= 0.3 is 0 Å². The van der Waals surface area contributed by atoms with E-state index in [9.17, 15) is 4.79 Å². The first kappa shape index (κ1) is 14.8. The van der Waals surface area contributed by atoms with Gasteiger partial charge in [0.15, 0.2) is 6.29 Å². The van der Waals surface area contributed by atoms with E-state index in [0.717, 1.165) is 23.0 Å². The number of hydrogen-bond donors (Lipinski definition) is 0. The summed E-state index contributed by atoms with van der Waals surface area (Å²) in [7, 11) is 0. The molecule has 3 rings (SSSR count). The number of halogens is 2. The first-order chi connectivity index (χ1) is 10.7. The number of benzene rings is 2. The van der Waals surface area contributed by atoms with E-state index in [1.54, 1.807) is 22.9 Å². The van der Waals surface area contributed by atoms with E-state index in [1.807, 2.05) is 36.5 Å². The van der Waals surface area contributed by atoms with Crippen LogP contribution in [0.5, 0.6) is 0 Å². The second-order valence-electron chi connectivity index (χ2n) is 4.81. The maximum Gasteiger partial charge on any atom is 0.170 e. The smallest absolute Gasteiger partial charge is 0.170 e. The lowest BCUT2D eigenvalue weighted by molar-refractivity contribution is 0.111. The molecule has 0 saturated heterocycles. The van der Waals surface area contributed by atoms with E-state index < -0.39 is 0 Å². The summed E-state index contributed by atoms with van der Waals surface area (Å²) in [6.07, 6.45) is 2.59. The summed E-state index contributed by atoms with van der Waals surface area (Å²) >= 11 is 12.4.